The van der Waals surface area contributed by atoms with Gasteiger partial charge in [0, 0.05) is 30.6 Å². The van der Waals surface area contributed by atoms with Crippen LogP contribution in [0.3, 0.4) is 0 Å². The van der Waals surface area contributed by atoms with E-state index in [-0.39, 0.29) is 0 Å². The van der Waals surface area contributed by atoms with Crippen molar-refractivity contribution < 1.29 is 4.79 Å². The first-order valence-electron chi connectivity index (χ1n) is 7.43. The summed E-state index contributed by atoms with van der Waals surface area (Å²) < 4.78 is 2.18. The zero-order valence-electron chi connectivity index (χ0n) is 12.2. The van der Waals surface area contributed by atoms with Gasteiger partial charge in [0.2, 0.25) is 0 Å². The lowest BCUT2D eigenvalue weighted by Crippen LogP contribution is -2.09. The summed E-state index contributed by atoms with van der Waals surface area (Å²) in [6.07, 6.45) is 8.03. The minimum atomic E-state index is 0.350. The van der Waals surface area contributed by atoms with Crippen molar-refractivity contribution in [2.24, 2.45) is 7.05 Å². The van der Waals surface area contributed by atoms with E-state index in [0.29, 0.717) is 11.7 Å². The number of aromatic nitrogens is 1. The predicted octanol–water partition coefficient (Wildman–Crippen LogP) is 4.35. The fraction of sp³-hybridized carbons (Fsp3) is 0.389. The second-order valence-corrected chi connectivity index (χ2v) is 5.86. The Labute approximate surface area is 120 Å². The largest absolute Gasteiger partial charge is 0.350 e. The number of benzene rings is 1. The van der Waals surface area contributed by atoms with Crippen molar-refractivity contribution >= 4 is 16.7 Å². The molecule has 0 amide bonds. The number of para-hydroxylation sites is 1. The van der Waals surface area contributed by atoms with Crippen LogP contribution in [0.25, 0.3) is 10.9 Å². The Kier molecular flexibility index (Phi) is 3.47. The molecule has 1 aliphatic carbocycles. The van der Waals surface area contributed by atoms with E-state index in [1.807, 2.05) is 0 Å². The molecule has 2 aromatic rings. The Morgan fingerprint density at radius 1 is 1.30 bits per heavy atom. The number of fused-ring (bicyclic) bond motifs is 1. The Hall–Kier alpha value is -1.83. The second-order valence-electron chi connectivity index (χ2n) is 5.86. The summed E-state index contributed by atoms with van der Waals surface area (Å²) in [7, 11) is 2.09. The van der Waals surface area contributed by atoms with Gasteiger partial charge in [-0.15, -0.1) is 0 Å². The number of Topliss-reactive ketones (excluding diaryl/α,β-unsaturated/α-hetero) is 1. The maximum Gasteiger partial charge on any atom is 0.158 e. The van der Waals surface area contributed by atoms with Gasteiger partial charge in [0.05, 0.1) is 0 Å². The van der Waals surface area contributed by atoms with E-state index >= 15 is 0 Å². The summed E-state index contributed by atoms with van der Waals surface area (Å²) >= 11 is 0. The molecule has 0 saturated carbocycles. The van der Waals surface area contributed by atoms with Crippen molar-refractivity contribution in [3.05, 3.63) is 47.7 Å². The van der Waals surface area contributed by atoms with Crippen LogP contribution >= 0.6 is 0 Å². The standard InChI is InChI=1S/C18H21NO/c1-13(11-14-7-3-6-10-18(14)20)16-12-19(2)17-9-5-4-8-15(16)17/h4-5,7-9,12-13H,3,6,10-11H2,1-2H3/t13-/m1/s1. The fourth-order valence-corrected chi connectivity index (χ4v) is 3.22. The predicted molar refractivity (Wildman–Crippen MR) is 82.9 cm³/mol. The maximum absolute atomic E-state index is 12.0. The molecule has 1 aliphatic rings. The average Bonchev–Trinajstić information content (AvgIpc) is 2.79. The summed E-state index contributed by atoms with van der Waals surface area (Å²) in [6, 6.07) is 8.49. The van der Waals surface area contributed by atoms with Crippen molar-refractivity contribution in [1.82, 2.24) is 4.57 Å². The van der Waals surface area contributed by atoms with Gasteiger partial charge in [0.1, 0.15) is 0 Å². The van der Waals surface area contributed by atoms with Crippen LogP contribution in [0.4, 0.5) is 0 Å². The van der Waals surface area contributed by atoms with E-state index in [1.165, 1.54) is 16.5 Å². The number of nitrogens with zero attached hydrogens (tertiary/aromatic N) is 1. The first-order chi connectivity index (χ1) is 9.66. The van der Waals surface area contributed by atoms with E-state index < -0.39 is 0 Å². The minimum Gasteiger partial charge on any atom is -0.350 e. The lowest BCUT2D eigenvalue weighted by atomic mass is 9.87. The first kappa shape index (κ1) is 13.2. The number of carbonyl (C=O) groups excluding carboxylic acids is 1. The molecule has 0 unspecified atom stereocenters. The quantitative estimate of drug-likeness (QED) is 0.810. The van der Waals surface area contributed by atoms with E-state index in [1.54, 1.807) is 0 Å². The van der Waals surface area contributed by atoms with E-state index in [9.17, 15) is 4.79 Å². The molecule has 1 atom stereocenters. The van der Waals surface area contributed by atoms with Crippen molar-refractivity contribution in [2.45, 2.75) is 38.5 Å². The van der Waals surface area contributed by atoms with Gasteiger partial charge in [-0.1, -0.05) is 31.2 Å². The topological polar surface area (TPSA) is 22.0 Å². The SMILES string of the molecule is C[C@H](CC1=CCCCC1=O)c1cn(C)c2ccccc12. The molecule has 2 nitrogen and oxygen atoms in total. The van der Waals surface area contributed by atoms with Crippen LogP contribution in [0, 0.1) is 0 Å². The van der Waals surface area contributed by atoms with Crippen LogP contribution in [0.1, 0.15) is 44.1 Å². The summed E-state index contributed by atoms with van der Waals surface area (Å²) in [5.41, 5.74) is 3.65. The zero-order valence-corrected chi connectivity index (χ0v) is 12.2. The Bertz CT molecular complexity index is 678. The highest BCUT2D eigenvalue weighted by molar-refractivity contribution is 5.96. The van der Waals surface area contributed by atoms with Crippen molar-refractivity contribution in [3.8, 4) is 0 Å². The number of aryl methyl sites for hydroxylation is 1. The smallest absolute Gasteiger partial charge is 0.158 e. The van der Waals surface area contributed by atoms with E-state index in [2.05, 4.69) is 55.1 Å². The zero-order chi connectivity index (χ0) is 14.1. The van der Waals surface area contributed by atoms with Crippen LogP contribution in [-0.2, 0) is 11.8 Å². The van der Waals surface area contributed by atoms with Crippen LogP contribution in [0.2, 0.25) is 0 Å². The summed E-state index contributed by atoms with van der Waals surface area (Å²) in [6.45, 7) is 2.23. The molecule has 0 fully saturated rings. The molecule has 0 radical (unpaired) electrons. The molecule has 1 aromatic carbocycles. The summed E-state index contributed by atoms with van der Waals surface area (Å²) in [5, 5.41) is 1.31. The molecule has 3 rings (SSSR count). The molecule has 2 heteroatoms. The number of hydrogen-bond acceptors (Lipinski definition) is 1. The third kappa shape index (κ3) is 2.31. The van der Waals surface area contributed by atoms with Crippen LogP contribution in [0.5, 0.6) is 0 Å². The monoisotopic (exact) mass is 267 g/mol. The fourth-order valence-electron chi connectivity index (χ4n) is 3.22. The highest BCUT2D eigenvalue weighted by Gasteiger charge is 2.19. The lowest BCUT2D eigenvalue weighted by Gasteiger charge is -2.16. The second kappa shape index (κ2) is 5.28. The molecule has 1 heterocycles. The third-order valence-electron chi connectivity index (χ3n) is 4.34. The number of ketones is 1. The highest BCUT2D eigenvalue weighted by atomic mass is 16.1. The third-order valence-corrected chi connectivity index (χ3v) is 4.34. The van der Waals surface area contributed by atoms with Crippen molar-refractivity contribution in [3.63, 3.8) is 0 Å². The molecule has 0 N–H and O–H groups in total. The number of hydrogen-bond donors (Lipinski definition) is 0. The van der Waals surface area contributed by atoms with Gasteiger partial charge >= 0.3 is 0 Å². The average molecular weight is 267 g/mol. The summed E-state index contributed by atoms with van der Waals surface area (Å²) in [5.74, 6) is 0.734. The maximum atomic E-state index is 12.0. The molecule has 1 aromatic heterocycles. The van der Waals surface area contributed by atoms with Gasteiger partial charge in [-0.05, 0) is 42.4 Å². The van der Waals surface area contributed by atoms with E-state index in [4.69, 9.17) is 0 Å². The Balaban J connectivity index is 1.91. The molecule has 0 bridgehead atoms. The molecule has 20 heavy (non-hydrogen) atoms. The Morgan fingerprint density at radius 3 is 2.90 bits per heavy atom. The number of rotatable bonds is 3. The van der Waals surface area contributed by atoms with Gasteiger partial charge in [-0.3, -0.25) is 4.79 Å². The number of allylic oxidation sites excluding steroid dienone is 2. The van der Waals surface area contributed by atoms with Crippen molar-refractivity contribution in [2.75, 3.05) is 0 Å². The van der Waals surface area contributed by atoms with Gasteiger partial charge < -0.3 is 4.57 Å². The van der Waals surface area contributed by atoms with Gasteiger partial charge in [-0.25, -0.2) is 0 Å². The molecular formula is C18H21NO. The van der Waals surface area contributed by atoms with Gasteiger partial charge in [-0.2, -0.15) is 0 Å². The van der Waals surface area contributed by atoms with Crippen LogP contribution < -0.4 is 0 Å². The number of carbonyl (C=O) groups is 1. The van der Waals surface area contributed by atoms with E-state index in [0.717, 1.165) is 31.3 Å². The van der Waals surface area contributed by atoms with Crippen LogP contribution in [0.15, 0.2) is 42.1 Å². The molecular weight excluding hydrogens is 246 g/mol. The first-order valence-corrected chi connectivity index (χ1v) is 7.43. The summed E-state index contributed by atoms with van der Waals surface area (Å²) in [4.78, 5) is 12.0. The lowest BCUT2D eigenvalue weighted by molar-refractivity contribution is -0.116. The highest BCUT2D eigenvalue weighted by Crippen LogP contribution is 2.32. The Morgan fingerprint density at radius 2 is 2.10 bits per heavy atom. The molecule has 0 saturated heterocycles. The molecule has 104 valence electrons. The van der Waals surface area contributed by atoms with Crippen molar-refractivity contribution in [1.29, 1.82) is 0 Å². The minimum absolute atomic E-state index is 0.350. The molecule has 0 aliphatic heterocycles. The normalized spacial score (nSPS) is 17.3. The van der Waals surface area contributed by atoms with Gasteiger partial charge in [0.25, 0.3) is 0 Å². The van der Waals surface area contributed by atoms with Crippen LogP contribution in [-0.4, -0.2) is 10.4 Å². The van der Waals surface area contributed by atoms with Gasteiger partial charge in [0.15, 0.2) is 5.78 Å². The molecule has 0 spiro atoms.